The standard InChI is InChI=1S/C12H13BrN4/c13-11-15-12(14)16-17(11)7-8-4-5-9-2-1-3-10(9)6-8/h4-6H,1-3,7H2,(H2,14,16). The van der Waals surface area contributed by atoms with Crippen LogP contribution in [0.2, 0.25) is 0 Å². The van der Waals surface area contributed by atoms with Crippen molar-refractivity contribution in [2.45, 2.75) is 25.8 Å². The lowest BCUT2D eigenvalue weighted by molar-refractivity contribution is 0.669. The van der Waals surface area contributed by atoms with Crippen LogP contribution in [0.5, 0.6) is 0 Å². The van der Waals surface area contributed by atoms with E-state index in [1.807, 2.05) is 0 Å². The fourth-order valence-electron chi connectivity index (χ4n) is 2.34. The second-order valence-electron chi connectivity index (χ2n) is 4.35. The van der Waals surface area contributed by atoms with Gasteiger partial charge in [-0.05, 0) is 51.9 Å². The molecule has 0 saturated carbocycles. The molecule has 2 aromatic rings. The Morgan fingerprint density at radius 3 is 2.88 bits per heavy atom. The van der Waals surface area contributed by atoms with Gasteiger partial charge in [-0.15, -0.1) is 5.10 Å². The fraction of sp³-hybridized carbons (Fsp3) is 0.333. The van der Waals surface area contributed by atoms with Crippen LogP contribution in [0.15, 0.2) is 22.9 Å². The summed E-state index contributed by atoms with van der Waals surface area (Å²) in [4.78, 5) is 4.03. The molecule has 1 aliphatic rings. The quantitative estimate of drug-likeness (QED) is 0.923. The lowest BCUT2D eigenvalue weighted by atomic mass is 10.1. The Labute approximate surface area is 108 Å². The van der Waals surface area contributed by atoms with Crippen LogP contribution in [-0.2, 0) is 19.4 Å². The highest BCUT2D eigenvalue weighted by Crippen LogP contribution is 2.23. The van der Waals surface area contributed by atoms with Crippen molar-refractivity contribution in [3.8, 4) is 0 Å². The monoisotopic (exact) mass is 292 g/mol. The first-order valence-corrected chi connectivity index (χ1v) is 6.48. The Morgan fingerprint density at radius 2 is 2.12 bits per heavy atom. The summed E-state index contributed by atoms with van der Waals surface area (Å²) >= 11 is 3.35. The van der Waals surface area contributed by atoms with Crippen LogP contribution in [0.3, 0.4) is 0 Å². The molecule has 17 heavy (non-hydrogen) atoms. The maximum Gasteiger partial charge on any atom is 0.240 e. The highest BCUT2D eigenvalue weighted by atomic mass is 79.9. The number of halogens is 1. The van der Waals surface area contributed by atoms with E-state index in [9.17, 15) is 0 Å². The van der Waals surface area contributed by atoms with Crippen molar-refractivity contribution in [3.63, 3.8) is 0 Å². The first-order valence-electron chi connectivity index (χ1n) is 5.69. The normalized spacial score (nSPS) is 13.9. The van der Waals surface area contributed by atoms with E-state index in [1.54, 1.807) is 4.68 Å². The predicted molar refractivity (Wildman–Crippen MR) is 69.7 cm³/mol. The van der Waals surface area contributed by atoms with Crippen molar-refractivity contribution in [3.05, 3.63) is 39.6 Å². The molecule has 0 aliphatic heterocycles. The Morgan fingerprint density at radius 1 is 1.29 bits per heavy atom. The van der Waals surface area contributed by atoms with Crippen LogP contribution < -0.4 is 5.73 Å². The van der Waals surface area contributed by atoms with E-state index in [4.69, 9.17) is 5.73 Å². The van der Waals surface area contributed by atoms with Crippen LogP contribution in [-0.4, -0.2) is 14.8 Å². The van der Waals surface area contributed by atoms with Crippen LogP contribution in [0.1, 0.15) is 23.1 Å². The molecule has 0 radical (unpaired) electrons. The molecule has 1 heterocycles. The summed E-state index contributed by atoms with van der Waals surface area (Å²) in [6, 6.07) is 6.66. The zero-order valence-corrected chi connectivity index (χ0v) is 10.9. The molecule has 0 saturated heterocycles. The Bertz CT molecular complexity index is 562. The summed E-state index contributed by atoms with van der Waals surface area (Å²) in [5, 5.41) is 4.14. The fourth-order valence-corrected chi connectivity index (χ4v) is 2.72. The van der Waals surface area contributed by atoms with Gasteiger partial charge in [0, 0.05) is 0 Å². The molecule has 0 fully saturated rings. The number of nitrogens with zero attached hydrogens (tertiary/aromatic N) is 3. The lowest BCUT2D eigenvalue weighted by Gasteiger charge is -2.05. The molecule has 0 atom stereocenters. The third kappa shape index (κ3) is 2.07. The van der Waals surface area contributed by atoms with E-state index in [2.05, 4.69) is 44.2 Å². The SMILES string of the molecule is Nc1nc(Br)n(Cc2ccc3c(c2)CCC3)n1. The molecular weight excluding hydrogens is 280 g/mol. The van der Waals surface area contributed by atoms with Crippen molar-refractivity contribution < 1.29 is 0 Å². The Balaban J connectivity index is 1.88. The van der Waals surface area contributed by atoms with Crippen LogP contribution in [0, 0.1) is 0 Å². The summed E-state index contributed by atoms with van der Waals surface area (Å²) in [7, 11) is 0. The highest BCUT2D eigenvalue weighted by molar-refractivity contribution is 9.10. The van der Waals surface area contributed by atoms with E-state index in [0.717, 1.165) is 0 Å². The number of benzene rings is 1. The number of rotatable bonds is 2. The van der Waals surface area contributed by atoms with Gasteiger partial charge in [-0.25, -0.2) is 4.68 Å². The van der Waals surface area contributed by atoms with Gasteiger partial charge in [-0.2, -0.15) is 4.98 Å². The third-order valence-electron chi connectivity index (χ3n) is 3.14. The second kappa shape index (κ2) is 4.14. The third-order valence-corrected chi connectivity index (χ3v) is 3.72. The van der Waals surface area contributed by atoms with Gasteiger partial charge >= 0.3 is 0 Å². The molecule has 2 N–H and O–H groups in total. The van der Waals surface area contributed by atoms with Crippen molar-refractivity contribution in [2.24, 2.45) is 0 Å². The van der Waals surface area contributed by atoms with Crippen molar-refractivity contribution in [1.29, 1.82) is 0 Å². The number of anilines is 1. The average molecular weight is 293 g/mol. The summed E-state index contributed by atoms with van der Waals surface area (Å²) in [5.41, 5.74) is 9.77. The minimum atomic E-state index is 0.304. The largest absolute Gasteiger partial charge is 0.366 e. The molecule has 4 nitrogen and oxygen atoms in total. The van der Waals surface area contributed by atoms with E-state index >= 15 is 0 Å². The molecule has 1 aromatic heterocycles. The van der Waals surface area contributed by atoms with Gasteiger partial charge in [0.25, 0.3) is 0 Å². The number of aryl methyl sites for hydroxylation is 2. The minimum absolute atomic E-state index is 0.304. The van der Waals surface area contributed by atoms with Gasteiger partial charge in [0.15, 0.2) is 4.73 Å². The molecule has 0 spiro atoms. The highest BCUT2D eigenvalue weighted by Gasteiger charge is 2.12. The van der Waals surface area contributed by atoms with Gasteiger partial charge in [0.2, 0.25) is 5.95 Å². The van der Waals surface area contributed by atoms with E-state index < -0.39 is 0 Å². The molecular formula is C12H13BrN4. The zero-order chi connectivity index (χ0) is 11.8. The summed E-state index contributed by atoms with van der Waals surface area (Å²) in [6.45, 7) is 0.706. The van der Waals surface area contributed by atoms with Gasteiger partial charge < -0.3 is 5.73 Å². The lowest BCUT2D eigenvalue weighted by Crippen LogP contribution is -2.03. The first-order chi connectivity index (χ1) is 8.22. The summed E-state index contributed by atoms with van der Waals surface area (Å²) in [6.07, 6.45) is 3.69. The molecule has 88 valence electrons. The topological polar surface area (TPSA) is 56.7 Å². The molecule has 3 rings (SSSR count). The Kier molecular flexibility index (Phi) is 2.63. The van der Waals surface area contributed by atoms with Crippen molar-refractivity contribution in [2.75, 3.05) is 5.73 Å². The Hall–Kier alpha value is -1.36. The number of aromatic nitrogens is 3. The summed E-state index contributed by atoms with van der Waals surface area (Å²) < 4.78 is 2.45. The average Bonchev–Trinajstić information content (AvgIpc) is 2.85. The van der Waals surface area contributed by atoms with Crippen molar-refractivity contribution in [1.82, 2.24) is 14.8 Å². The van der Waals surface area contributed by atoms with Crippen LogP contribution in [0.4, 0.5) is 5.95 Å². The molecule has 0 bridgehead atoms. The maximum atomic E-state index is 5.55. The van der Waals surface area contributed by atoms with Crippen LogP contribution >= 0.6 is 15.9 Å². The number of hydrogen-bond acceptors (Lipinski definition) is 3. The van der Waals surface area contributed by atoms with E-state index in [-0.39, 0.29) is 0 Å². The van der Waals surface area contributed by atoms with E-state index in [1.165, 1.54) is 36.0 Å². The molecule has 0 unspecified atom stereocenters. The van der Waals surface area contributed by atoms with E-state index in [0.29, 0.717) is 17.2 Å². The smallest absolute Gasteiger partial charge is 0.240 e. The van der Waals surface area contributed by atoms with Gasteiger partial charge in [0.05, 0.1) is 6.54 Å². The van der Waals surface area contributed by atoms with Crippen LogP contribution in [0.25, 0.3) is 0 Å². The van der Waals surface area contributed by atoms with Gasteiger partial charge in [-0.1, -0.05) is 18.2 Å². The molecule has 1 aliphatic carbocycles. The number of nitrogen functional groups attached to an aromatic ring is 1. The number of nitrogens with two attached hydrogens (primary N) is 1. The molecule has 5 heteroatoms. The molecule has 0 amide bonds. The number of hydrogen-bond donors (Lipinski definition) is 1. The van der Waals surface area contributed by atoms with Crippen molar-refractivity contribution >= 4 is 21.9 Å². The first kappa shape index (κ1) is 10.8. The maximum absolute atomic E-state index is 5.55. The predicted octanol–water partition coefficient (Wildman–Crippen LogP) is 2.16. The minimum Gasteiger partial charge on any atom is -0.366 e. The summed E-state index contributed by atoms with van der Waals surface area (Å²) in [5.74, 6) is 0.304. The molecule has 1 aromatic carbocycles. The zero-order valence-electron chi connectivity index (χ0n) is 9.36. The van der Waals surface area contributed by atoms with Gasteiger partial charge in [0.1, 0.15) is 0 Å². The second-order valence-corrected chi connectivity index (χ2v) is 5.06. The number of fused-ring (bicyclic) bond motifs is 1. The van der Waals surface area contributed by atoms with Gasteiger partial charge in [-0.3, -0.25) is 0 Å².